The fourth-order valence-corrected chi connectivity index (χ4v) is 4.85. The van der Waals surface area contributed by atoms with E-state index < -0.39 is 5.82 Å². The number of likely N-dealkylation sites (N-methyl/N-ethyl adjacent to an activating group) is 1. The van der Waals surface area contributed by atoms with Crippen molar-refractivity contribution >= 4 is 17.5 Å². The number of rotatable bonds is 5. The molecule has 0 spiro atoms. The molecular weight excluding hydrogens is 367 g/mol. The van der Waals surface area contributed by atoms with Gasteiger partial charge in [-0.05, 0) is 75.7 Å². The van der Waals surface area contributed by atoms with Gasteiger partial charge in [0, 0.05) is 25.7 Å². The highest BCUT2D eigenvalue weighted by molar-refractivity contribution is 6.33. The minimum atomic E-state index is -0.430. The van der Waals surface area contributed by atoms with E-state index in [0.717, 1.165) is 31.9 Å². The highest BCUT2D eigenvalue weighted by Gasteiger charge is 2.45. The van der Waals surface area contributed by atoms with Gasteiger partial charge >= 0.3 is 0 Å². The maximum absolute atomic E-state index is 13.6. The van der Waals surface area contributed by atoms with Crippen molar-refractivity contribution in [3.8, 4) is 0 Å². The van der Waals surface area contributed by atoms with E-state index in [4.69, 9.17) is 16.3 Å². The Balaban J connectivity index is 1.45. The van der Waals surface area contributed by atoms with E-state index >= 15 is 0 Å². The van der Waals surface area contributed by atoms with Gasteiger partial charge in [-0.15, -0.1) is 0 Å². The SMILES string of the molecule is CN(C)[C@@H]1C[C@@H]2CN(C(=O)c3cc(F)ccc3Cl)C[C@@H]2C[C@H]1OCC1CC1. The predicted molar refractivity (Wildman–Crippen MR) is 103 cm³/mol. The third kappa shape index (κ3) is 4.15. The minimum Gasteiger partial charge on any atom is -0.376 e. The first-order chi connectivity index (χ1) is 12.9. The second-order valence-corrected chi connectivity index (χ2v) is 9.08. The number of likely N-dealkylation sites (tertiary alicyclic amines) is 1. The van der Waals surface area contributed by atoms with Gasteiger partial charge < -0.3 is 14.5 Å². The summed E-state index contributed by atoms with van der Waals surface area (Å²) in [5, 5.41) is 0.313. The van der Waals surface area contributed by atoms with Crippen LogP contribution in [0.3, 0.4) is 0 Å². The standard InChI is InChI=1S/C21H28ClFN2O2/c1-24(2)19-7-14-10-25(21(26)17-9-16(23)5-6-18(17)22)11-15(14)8-20(19)27-12-13-3-4-13/h5-6,9,13-15,19-20H,3-4,7-8,10-12H2,1-2H3/t14-,15+,19-,20-/m1/s1. The van der Waals surface area contributed by atoms with E-state index in [0.29, 0.717) is 29.4 Å². The Bertz CT molecular complexity index is 709. The van der Waals surface area contributed by atoms with E-state index in [-0.39, 0.29) is 17.6 Å². The van der Waals surface area contributed by atoms with Crippen LogP contribution < -0.4 is 0 Å². The number of carbonyl (C=O) groups is 1. The molecule has 4 nitrogen and oxygen atoms in total. The van der Waals surface area contributed by atoms with Crippen molar-refractivity contribution in [1.82, 2.24) is 9.80 Å². The van der Waals surface area contributed by atoms with Crippen LogP contribution in [0.25, 0.3) is 0 Å². The van der Waals surface area contributed by atoms with Crippen LogP contribution in [0.4, 0.5) is 4.39 Å². The average Bonchev–Trinajstić information content (AvgIpc) is 3.37. The van der Waals surface area contributed by atoms with Gasteiger partial charge in [-0.25, -0.2) is 4.39 Å². The molecule has 2 saturated carbocycles. The molecule has 0 bridgehead atoms. The summed E-state index contributed by atoms with van der Waals surface area (Å²) in [4.78, 5) is 17.0. The van der Waals surface area contributed by atoms with Crippen molar-refractivity contribution in [2.75, 3.05) is 33.8 Å². The third-order valence-electron chi connectivity index (χ3n) is 6.44. The van der Waals surface area contributed by atoms with E-state index in [1.54, 1.807) is 0 Å². The van der Waals surface area contributed by atoms with Crippen LogP contribution in [0.5, 0.6) is 0 Å². The zero-order chi connectivity index (χ0) is 19.1. The molecule has 4 atom stereocenters. The number of hydrogen-bond acceptors (Lipinski definition) is 3. The predicted octanol–water partition coefficient (Wildman–Crippen LogP) is 3.69. The number of halogens is 2. The van der Waals surface area contributed by atoms with Crippen LogP contribution >= 0.6 is 11.6 Å². The van der Waals surface area contributed by atoms with Crippen molar-refractivity contribution in [1.29, 1.82) is 0 Å². The molecule has 1 saturated heterocycles. The maximum atomic E-state index is 13.6. The molecular formula is C21H28ClFN2O2. The summed E-state index contributed by atoms with van der Waals surface area (Å²) < 4.78 is 19.9. The minimum absolute atomic E-state index is 0.161. The highest BCUT2D eigenvalue weighted by Crippen LogP contribution is 2.40. The fraction of sp³-hybridized carbons (Fsp3) is 0.667. The number of ether oxygens (including phenoxy) is 1. The van der Waals surface area contributed by atoms with Crippen LogP contribution in [-0.2, 0) is 4.74 Å². The van der Waals surface area contributed by atoms with Crippen molar-refractivity contribution in [3.63, 3.8) is 0 Å². The van der Waals surface area contributed by atoms with Crippen LogP contribution in [0.1, 0.15) is 36.0 Å². The monoisotopic (exact) mass is 394 g/mol. The summed E-state index contributed by atoms with van der Waals surface area (Å²) in [5.41, 5.74) is 0.265. The second kappa shape index (κ2) is 7.69. The number of amides is 1. The summed E-state index contributed by atoms with van der Waals surface area (Å²) in [5.74, 6) is 1.07. The normalized spacial score (nSPS) is 30.6. The Morgan fingerprint density at radius 1 is 1.26 bits per heavy atom. The van der Waals surface area contributed by atoms with Crippen LogP contribution in [-0.4, -0.2) is 61.6 Å². The summed E-state index contributed by atoms with van der Waals surface area (Å²) in [6, 6.07) is 4.37. The molecule has 2 aliphatic carbocycles. The molecule has 1 amide bonds. The molecule has 1 aromatic carbocycles. The molecule has 4 rings (SSSR count). The zero-order valence-corrected chi connectivity index (χ0v) is 16.8. The topological polar surface area (TPSA) is 32.8 Å². The molecule has 0 N–H and O–H groups in total. The molecule has 3 fully saturated rings. The largest absolute Gasteiger partial charge is 0.376 e. The van der Waals surface area contributed by atoms with E-state index in [9.17, 15) is 9.18 Å². The Kier molecular flexibility index (Phi) is 5.45. The molecule has 1 aliphatic heterocycles. The van der Waals surface area contributed by atoms with Gasteiger partial charge in [0.25, 0.3) is 5.91 Å². The number of fused-ring (bicyclic) bond motifs is 1. The molecule has 0 aromatic heterocycles. The summed E-state index contributed by atoms with van der Waals surface area (Å²) in [7, 11) is 4.23. The van der Waals surface area contributed by atoms with Gasteiger partial charge in [-0.1, -0.05) is 11.6 Å². The molecule has 1 aromatic rings. The average molecular weight is 395 g/mol. The number of hydrogen-bond donors (Lipinski definition) is 0. The number of nitrogens with zero attached hydrogens (tertiary/aromatic N) is 2. The maximum Gasteiger partial charge on any atom is 0.255 e. The van der Waals surface area contributed by atoms with Gasteiger partial charge in [0.05, 0.1) is 16.7 Å². The highest BCUT2D eigenvalue weighted by atomic mass is 35.5. The number of carbonyl (C=O) groups excluding carboxylic acids is 1. The summed E-state index contributed by atoms with van der Waals surface area (Å²) in [6.07, 6.45) is 4.84. The lowest BCUT2D eigenvalue weighted by Gasteiger charge is -2.41. The molecule has 0 radical (unpaired) electrons. The van der Waals surface area contributed by atoms with Crippen LogP contribution in [0.2, 0.25) is 5.02 Å². The van der Waals surface area contributed by atoms with Gasteiger partial charge in [-0.2, -0.15) is 0 Å². The van der Waals surface area contributed by atoms with Crippen molar-refractivity contribution in [3.05, 3.63) is 34.6 Å². The molecule has 1 heterocycles. The summed E-state index contributed by atoms with van der Waals surface area (Å²) >= 11 is 6.15. The Morgan fingerprint density at radius 2 is 1.96 bits per heavy atom. The van der Waals surface area contributed by atoms with Crippen molar-refractivity contribution in [2.45, 2.75) is 37.8 Å². The molecule has 0 unspecified atom stereocenters. The van der Waals surface area contributed by atoms with E-state index in [1.807, 2.05) is 4.90 Å². The van der Waals surface area contributed by atoms with Crippen molar-refractivity contribution in [2.24, 2.45) is 17.8 Å². The Labute approximate surface area is 165 Å². The summed E-state index contributed by atoms with van der Waals surface area (Å²) in [6.45, 7) is 2.30. The molecule has 148 valence electrons. The van der Waals surface area contributed by atoms with E-state index in [1.165, 1.54) is 31.0 Å². The Hall–Kier alpha value is -1.17. The lowest BCUT2D eigenvalue weighted by molar-refractivity contribution is -0.0493. The van der Waals surface area contributed by atoms with Gasteiger partial charge in [0.15, 0.2) is 0 Å². The Morgan fingerprint density at radius 3 is 2.63 bits per heavy atom. The first-order valence-corrected chi connectivity index (χ1v) is 10.3. The first kappa shape index (κ1) is 19.2. The zero-order valence-electron chi connectivity index (χ0n) is 16.0. The van der Waals surface area contributed by atoms with Crippen molar-refractivity contribution < 1.29 is 13.9 Å². The van der Waals surface area contributed by atoms with Gasteiger partial charge in [-0.3, -0.25) is 4.79 Å². The van der Waals surface area contributed by atoms with Crippen LogP contribution in [0, 0.1) is 23.6 Å². The lowest BCUT2D eigenvalue weighted by Crippen LogP contribution is -2.48. The fourth-order valence-electron chi connectivity index (χ4n) is 4.65. The second-order valence-electron chi connectivity index (χ2n) is 8.67. The lowest BCUT2D eigenvalue weighted by atomic mass is 9.77. The quantitative estimate of drug-likeness (QED) is 0.763. The van der Waals surface area contributed by atoms with Crippen LogP contribution in [0.15, 0.2) is 18.2 Å². The number of benzene rings is 1. The third-order valence-corrected chi connectivity index (χ3v) is 6.77. The first-order valence-electron chi connectivity index (χ1n) is 9.94. The van der Waals surface area contributed by atoms with E-state index in [2.05, 4.69) is 19.0 Å². The van der Waals surface area contributed by atoms with Gasteiger partial charge in [0.1, 0.15) is 5.82 Å². The molecule has 27 heavy (non-hydrogen) atoms. The molecule has 6 heteroatoms. The smallest absolute Gasteiger partial charge is 0.255 e. The van der Waals surface area contributed by atoms with Gasteiger partial charge in [0.2, 0.25) is 0 Å². The molecule has 3 aliphatic rings.